The third kappa shape index (κ3) is 2.94. The number of carbonyl (C=O) groups excluding carboxylic acids is 1. The fourth-order valence-electron chi connectivity index (χ4n) is 3.36. The lowest BCUT2D eigenvalue weighted by Crippen LogP contribution is -2.32. The van der Waals surface area contributed by atoms with Gasteiger partial charge in [-0.1, -0.05) is 0 Å². The summed E-state index contributed by atoms with van der Waals surface area (Å²) >= 11 is 1.55. The number of nitrogens with zero attached hydrogens (tertiary/aromatic N) is 3. The molecule has 1 N–H and O–H groups in total. The Labute approximate surface area is 138 Å². The molecule has 6 nitrogen and oxygen atoms in total. The number of likely N-dealkylation sites (tertiary alicyclic amines) is 1. The van der Waals surface area contributed by atoms with Crippen molar-refractivity contribution in [3.63, 3.8) is 0 Å². The number of ether oxygens (including phenoxy) is 1. The molecule has 2 fully saturated rings. The minimum Gasteiger partial charge on any atom is -0.376 e. The quantitative estimate of drug-likeness (QED) is 0.925. The molecule has 1 amide bonds. The Morgan fingerprint density at radius 3 is 3.04 bits per heavy atom. The summed E-state index contributed by atoms with van der Waals surface area (Å²) in [7, 11) is 0. The van der Waals surface area contributed by atoms with Crippen LogP contribution >= 0.6 is 11.3 Å². The Morgan fingerprint density at radius 1 is 1.39 bits per heavy atom. The van der Waals surface area contributed by atoms with E-state index >= 15 is 0 Å². The Balaban J connectivity index is 1.37. The van der Waals surface area contributed by atoms with Gasteiger partial charge in [0.05, 0.1) is 18.3 Å². The van der Waals surface area contributed by atoms with Crippen LogP contribution in [0.25, 0.3) is 0 Å². The zero-order valence-corrected chi connectivity index (χ0v) is 13.4. The monoisotopic (exact) mass is 330 g/mol. The maximum absolute atomic E-state index is 12.5. The van der Waals surface area contributed by atoms with E-state index in [0.717, 1.165) is 25.3 Å². The van der Waals surface area contributed by atoms with Gasteiger partial charge in [0.15, 0.2) is 0 Å². The van der Waals surface area contributed by atoms with Crippen LogP contribution < -0.4 is 5.32 Å². The molecular formula is C16H18N4O2S. The van der Waals surface area contributed by atoms with E-state index in [1.165, 1.54) is 0 Å². The standard InChI is InChI=1S/C16H18N4O2S/c21-15(11-2-5-23-10-11)20-7-13-12(9-22-14(13)8-20)6-19-16-17-3-1-4-18-16/h1-5,10,12-14H,6-9H2,(H,17,18,19)/t12-,13+,14+/m0/s1. The van der Waals surface area contributed by atoms with Gasteiger partial charge in [-0.15, -0.1) is 0 Å². The van der Waals surface area contributed by atoms with E-state index in [9.17, 15) is 4.79 Å². The molecule has 0 radical (unpaired) electrons. The van der Waals surface area contributed by atoms with Crippen LogP contribution in [0.4, 0.5) is 5.95 Å². The number of hydrogen-bond acceptors (Lipinski definition) is 6. The first-order valence-electron chi connectivity index (χ1n) is 7.75. The minimum absolute atomic E-state index is 0.113. The Morgan fingerprint density at radius 2 is 2.26 bits per heavy atom. The number of aromatic nitrogens is 2. The third-order valence-corrected chi connectivity index (χ3v) is 5.27. The topological polar surface area (TPSA) is 67.4 Å². The number of nitrogens with one attached hydrogen (secondary N) is 1. The van der Waals surface area contributed by atoms with Crippen molar-refractivity contribution >= 4 is 23.2 Å². The first-order valence-corrected chi connectivity index (χ1v) is 8.69. The van der Waals surface area contributed by atoms with Gasteiger partial charge in [-0.05, 0) is 17.5 Å². The van der Waals surface area contributed by atoms with E-state index in [-0.39, 0.29) is 12.0 Å². The van der Waals surface area contributed by atoms with Gasteiger partial charge in [-0.2, -0.15) is 11.3 Å². The van der Waals surface area contributed by atoms with Gasteiger partial charge < -0.3 is 15.0 Å². The Kier molecular flexibility index (Phi) is 3.97. The number of anilines is 1. The number of carbonyl (C=O) groups is 1. The summed E-state index contributed by atoms with van der Waals surface area (Å²) in [5, 5.41) is 7.11. The molecule has 0 spiro atoms. The fourth-order valence-corrected chi connectivity index (χ4v) is 3.99. The molecule has 2 saturated heterocycles. The second-order valence-corrected chi connectivity index (χ2v) is 6.75. The highest BCUT2D eigenvalue weighted by atomic mass is 32.1. The average Bonchev–Trinajstić information content (AvgIpc) is 3.30. The van der Waals surface area contributed by atoms with Crippen LogP contribution in [0.15, 0.2) is 35.3 Å². The van der Waals surface area contributed by atoms with Gasteiger partial charge in [-0.25, -0.2) is 9.97 Å². The number of hydrogen-bond donors (Lipinski definition) is 1. The van der Waals surface area contributed by atoms with E-state index in [1.807, 2.05) is 21.7 Å². The van der Waals surface area contributed by atoms with Gasteiger partial charge >= 0.3 is 0 Å². The first-order chi connectivity index (χ1) is 11.3. The largest absolute Gasteiger partial charge is 0.376 e. The molecule has 3 atom stereocenters. The maximum Gasteiger partial charge on any atom is 0.254 e. The highest BCUT2D eigenvalue weighted by Crippen LogP contribution is 2.34. The van der Waals surface area contributed by atoms with Crippen molar-refractivity contribution in [3.05, 3.63) is 40.8 Å². The molecule has 23 heavy (non-hydrogen) atoms. The van der Waals surface area contributed by atoms with Crippen LogP contribution in [0.3, 0.4) is 0 Å². The van der Waals surface area contributed by atoms with Gasteiger partial charge in [0.1, 0.15) is 0 Å². The summed E-state index contributed by atoms with van der Waals surface area (Å²) in [4.78, 5) is 22.7. The summed E-state index contributed by atoms with van der Waals surface area (Å²) in [5.41, 5.74) is 0.780. The summed E-state index contributed by atoms with van der Waals surface area (Å²) < 4.78 is 5.90. The van der Waals surface area contributed by atoms with Gasteiger partial charge in [-0.3, -0.25) is 4.79 Å². The lowest BCUT2D eigenvalue weighted by atomic mass is 9.93. The average molecular weight is 330 g/mol. The van der Waals surface area contributed by atoms with Crippen molar-refractivity contribution in [3.8, 4) is 0 Å². The summed E-state index contributed by atoms with van der Waals surface area (Å²) in [5.74, 6) is 1.51. The first kappa shape index (κ1) is 14.6. The van der Waals surface area contributed by atoms with Crippen LogP contribution in [-0.4, -0.2) is 53.1 Å². The number of amides is 1. The van der Waals surface area contributed by atoms with Gasteiger partial charge in [0.2, 0.25) is 5.95 Å². The predicted molar refractivity (Wildman–Crippen MR) is 87.5 cm³/mol. The number of fused-ring (bicyclic) bond motifs is 1. The van der Waals surface area contributed by atoms with Crippen molar-refractivity contribution in [1.82, 2.24) is 14.9 Å². The maximum atomic E-state index is 12.5. The molecule has 4 rings (SSSR count). The molecule has 2 aliphatic rings. The Bertz CT molecular complexity index is 664. The molecule has 0 aromatic carbocycles. The SMILES string of the molecule is O=C(c1ccsc1)N1C[C@@H]2[C@@H](CNc3ncccn3)CO[C@@H]2C1. The van der Waals surface area contributed by atoms with E-state index in [1.54, 1.807) is 29.8 Å². The molecule has 4 heterocycles. The van der Waals surface area contributed by atoms with Crippen LogP contribution in [0, 0.1) is 11.8 Å². The molecule has 7 heteroatoms. The van der Waals surface area contributed by atoms with Crippen LogP contribution in [0.5, 0.6) is 0 Å². The van der Waals surface area contributed by atoms with Crippen LogP contribution in [0.2, 0.25) is 0 Å². The number of rotatable bonds is 4. The third-order valence-electron chi connectivity index (χ3n) is 4.58. The zero-order valence-electron chi connectivity index (χ0n) is 12.6. The van der Waals surface area contributed by atoms with Gasteiger partial charge in [0, 0.05) is 49.2 Å². The molecule has 0 bridgehead atoms. The lowest BCUT2D eigenvalue weighted by molar-refractivity contribution is 0.0680. The molecular weight excluding hydrogens is 312 g/mol. The van der Waals surface area contributed by atoms with Crippen molar-refractivity contribution in [1.29, 1.82) is 0 Å². The molecule has 0 saturated carbocycles. The van der Waals surface area contributed by atoms with Crippen molar-refractivity contribution in [2.45, 2.75) is 6.10 Å². The highest BCUT2D eigenvalue weighted by Gasteiger charge is 2.45. The van der Waals surface area contributed by atoms with Crippen LogP contribution in [0.1, 0.15) is 10.4 Å². The minimum atomic E-state index is 0.113. The van der Waals surface area contributed by atoms with E-state index < -0.39 is 0 Å². The number of thiophene rings is 1. The normalized spacial score (nSPS) is 26.3. The van der Waals surface area contributed by atoms with E-state index in [4.69, 9.17) is 4.74 Å². The molecule has 120 valence electrons. The van der Waals surface area contributed by atoms with Crippen molar-refractivity contribution in [2.75, 3.05) is 31.6 Å². The van der Waals surface area contributed by atoms with Crippen molar-refractivity contribution in [2.24, 2.45) is 11.8 Å². The molecule has 2 aromatic rings. The second kappa shape index (κ2) is 6.25. The smallest absolute Gasteiger partial charge is 0.254 e. The second-order valence-electron chi connectivity index (χ2n) is 5.97. The van der Waals surface area contributed by atoms with Crippen molar-refractivity contribution < 1.29 is 9.53 Å². The molecule has 0 unspecified atom stereocenters. The predicted octanol–water partition coefficient (Wildman–Crippen LogP) is 1.74. The fraction of sp³-hybridized carbons (Fsp3) is 0.438. The summed E-state index contributed by atoms with van der Waals surface area (Å²) in [6.07, 6.45) is 3.60. The summed E-state index contributed by atoms with van der Waals surface area (Å²) in [6, 6.07) is 3.68. The van der Waals surface area contributed by atoms with Gasteiger partial charge in [0.25, 0.3) is 5.91 Å². The highest BCUT2D eigenvalue weighted by molar-refractivity contribution is 7.08. The van der Waals surface area contributed by atoms with Crippen LogP contribution in [-0.2, 0) is 4.74 Å². The molecule has 2 aliphatic heterocycles. The zero-order chi connectivity index (χ0) is 15.6. The lowest BCUT2D eigenvalue weighted by Gasteiger charge is -2.19. The Hall–Kier alpha value is -1.99. The van der Waals surface area contributed by atoms with E-state index in [0.29, 0.717) is 24.3 Å². The molecule has 2 aromatic heterocycles. The summed E-state index contributed by atoms with van der Waals surface area (Å²) in [6.45, 7) is 2.96. The molecule has 0 aliphatic carbocycles. The van der Waals surface area contributed by atoms with E-state index in [2.05, 4.69) is 15.3 Å².